The number of alkyl carbamates (subject to hydrolysis) is 1. The first kappa shape index (κ1) is 37.1. The Kier molecular flexibility index (Phi) is 17.8. The normalized spacial score (nSPS) is 11.7. The van der Waals surface area contributed by atoms with Crippen molar-refractivity contribution in [3.05, 3.63) is 22.3 Å². The minimum atomic E-state index is -0.494. The third-order valence-electron chi connectivity index (χ3n) is 7.21. The number of rotatable bonds is 20. The van der Waals surface area contributed by atoms with Gasteiger partial charge in [0.2, 0.25) is 5.91 Å². The van der Waals surface area contributed by atoms with Crippen LogP contribution < -0.4 is 24.8 Å². The predicted molar refractivity (Wildman–Crippen MR) is 172 cm³/mol. The number of amides is 2. The summed E-state index contributed by atoms with van der Waals surface area (Å²) in [6, 6.07) is 0. The van der Waals surface area contributed by atoms with Gasteiger partial charge in [-0.2, -0.15) is 0 Å². The van der Waals surface area contributed by atoms with Crippen molar-refractivity contribution in [2.75, 3.05) is 34.4 Å². The van der Waals surface area contributed by atoms with Crippen LogP contribution in [0.15, 0.2) is 5.57 Å². The highest BCUT2D eigenvalue weighted by Crippen LogP contribution is 2.44. The van der Waals surface area contributed by atoms with Crippen molar-refractivity contribution in [1.82, 2.24) is 10.6 Å². The average Bonchev–Trinajstić information content (AvgIpc) is 2.93. The van der Waals surface area contributed by atoms with Crippen LogP contribution in [0.5, 0.6) is 17.2 Å². The van der Waals surface area contributed by atoms with Crippen LogP contribution >= 0.6 is 0 Å². The molecule has 0 radical (unpaired) electrons. The molecule has 1 rings (SSSR count). The topological polar surface area (TPSA) is 95.1 Å². The average molecular weight is 591 g/mol. The van der Waals surface area contributed by atoms with Crippen LogP contribution in [-0.4, -0.2) is 52.0 Å². The van der Waals surface area contributed by atoms with Crippen LogP contribution in [0.25, 0.3) is 6.08 Å². The molecular weight excluding hydrogens is 532 g/mol. The second kappa shape index (κ2) is 20.1. The molecule has 0 aromatic heterocycles. The highest BCUT2D eigenvalue weighted by molar-refractivity contribution is 5.98. The number of carbonyl (C=O) groups is 2. The maximum atomic E-state index is 13.4. The van der Waals surface area contributed by atoms with Gasteiger partial charge in [0, 0.05) is 35.4 Å². The van der Waals surface area contributed by atoms with Gasteiger partial charge < -0.3 is 29.6 Å². The number of unbranched alkanes of at least 4 members (excludes halogenated alkanes) is 9. The monoisotopic (exact) mass is 590 g/mol. The van der Waals surface area contributed by atoms with Gasteiger partial charge in [-0.1, -0.05) is 58.3 Å². The van der Waals surface area contributed by atoms with E-state index in [0.29, 0.717) is 36.8 Å². The molecule has 0 heterocycles. The van der Waals surface area contributed by atoms with Crippen LogP contribution in [0.4, 0.5) is 4.79 Å². The van der Waals surface area contributed by atoms with E-state index < -0.39 is 5.60 Å². The Balaban J connectivity index is 2.85. The molecule has 0 fully saturated rings. The summed E-state index contributed by atoms with van der Waals surface area (Å²) in [7, 11) is 4.89. The first-order chi connectivity index (χ1) is 20.0. The molecule has 0 aliphatic carbocycles. The summed E-state index contributed by atoms with van der Waals surface area (Å²) in [6.45, 7) is 12.9. The first-order valence-corrected chi connectivity index (χ1v) is 15.7. The summed E-state index contributed by atoms with van der Waals surface area (Å²) in [4.78, 5) is 25.2. The molecule has 0 bridgehead atoms. The molecule has 0 aliphatic rings. The van der Waals surface area contributed by atoms with E-state index in [1.165, 1.54) is 32.1 Å². The Morgan fingerprint density at radius 3 is 1.74 bits per heavy atom. The Bertz CT molecular complexity index is 997. The Hall–Kier alpha value is -2.90. The Labute approximate surface area is 255 Å². The minimum absolute atomic E-state index is 0.0403. The highest BCUT2D eigenvalue weighted by atomic mass is 16.6. The highest BCUT2D eigenvalue weighted by Gasteiger charge is 2.22. The number of methoxy groups -OCH3 is 3. The van der Waals surface area contributed by atoms with Gasteiger partial charge in [0.05, 0.1) is 21.3 Å². The molecule has 2 amide bonds. The maximum Gasteiger partial charge on any atom is 0.407 e. The van der Waals surface area contributed by atoms with Crippen molar-refractivity contribution in [1.29, 1.82) is 0 Å². The van der Waals surface area contributed by atoms with Gasteiger partial charge in [0.1, 0.15) is 11.4 Å². The number of hydrogen-bond donors (Lipinski definition) is 2. The van der Waals surface area contributed by atoms with Crippen LogP contribution in [0.3, 0.4) is 0 Å². The van der Waals surface area contributed by atoms with Gasteiger partial charge in [-0.15, -0.1) is 0 Å². The van der Waals surface area contributed by atoms with Crippen LogP contribution in [0.2, 0.25) is 0 Å². The molecule has 1 aromatic rings. The quantitative estimate of drug-likeness (QED) is 0.118. The zero-order valence-electron chi connectivity index (χ0n) is 27.9. The van der Waals surface area contributed by atoms with Gasteiger partial charge in [0.25, 0.3) is 0 Å². The van der Waals surface area contributed by atoms with Crippen LogP contribution in [0, 0.1) is 13.8 Å². The fourth-order valence-corrected chi connectivity index (χ4v) is 4.99. The van der Waals surface area contributed by atoms with Crippen LogP contribution in [0.1, 0.15) is 121 Å². The zero-order chi connectivity index (χ0) is 31.5. The summed E-state index contributed by atoms with van der Waals surface area (Å²) >= 11 is 0. The number of carbonyl (C=O) groups excluding carboxylic acids is 2. The fraction of sp³-hybridized carbons (Fsp3) is 0.706. The lowest BCUT2D eigenvalue weighted by molar-refractivity contribution is -0.117. The first-order valence-electron chi connectivity index (χ1n) is 15.7. The molecule has 8 nitrogen and oxygen atoms in total. The van der Waals surface area contributed by atoms with E-state index in [-0.39, 0.29) is 12.0 Å². The zero-order valence-corrected chi connectivity index (χ0v) is 27.9. The van der Waals surface area contributed by atoms with Crippen molar-refractivity contribution in [2.24, 2.45) is 0 Å². The molecule has 1 aromatic carbocycles. The Morgan fingerprint density at radius 2 is 1.19 bits per heavy atom. The number of hydrogen-bond acceptors (Lipinski definition) is 6. The van der Waals surface area contributed by atoms with Gasteiger partial charge in [-0.3, -0.25) is 4.79 Å². The lowest BCUT2D eigenvalue weighted by atomic mass is 9.96. The SMILES string of the molecule is CCCCCCCCCC(=Cc1c(C)c(OC)c(OC)c(C)c1OC)C(=O)NCCCCCCNC(=O)OC(C)(C)C. The molecule has 42 heavy (non-hydrogen) atoms. The largest absolute Gasteiger partial charge is 0.496 e. The van der Waals surface area contributed by atoms with E-state index in [4.69, 9.17) is 18.9 Å². The molecule has 0 saturated heterocycles. The maximum absolute atomic E-state index is 13.4. The molecule has 2 N–H and O–H groups in total. The second-order valence-electron chi connectivity index (χ2n) is 11.9. The van der Waals surface area contributed by atoms with E-state index in [1.54, 1.807) is 21.3 Å². The molecular formula is C34H58N2O6. The third-order valence-corrected chi connectivity index (χ3v) is 7.21. The smallest absolute Gasteiger partial charge is 0.407 e. The molecule has 0 aliphatic heterocycles. The summed E-state index contributed by atoms with van der Waals surface area (Å²) < 4.78 is 22.4. The van der Waals surface area contributed by atoms with E-state index in [0.717, 1.165) is 60.8 Å². The third kappa shape index (κ3) is 13.4. The summed E-state index contributed by atoms with van der Waals surface area (Å²) in [5.41, 5.74) is 2.82. The molecule has 0 atom stereocenters. The van der Waals surface area contributed by atoms with E-state index in [1.807, 2.05) is 40.7 Å². The summed E-state index contributed by atoms with van der Waals surface area (Å²) in [5.74, 6) is 1.94. The lowest BCUT2D eigenvalue weighted by Gasteiger charge is -2.20. The van der Waals surface area contributed by atoms with Gasteiger partial charge in [-0.05, 0) is 66.4 Å². The van der Waals surface area contributed by atoms with E-state index >= 15 is 0 Å². The summed E-state index contributed by atoms with van der Waals surface area (Å²) in [6.07, 6.45) is 14.3. The van der Waals surface area contributed by atoms with Crippen molar-refractivity contribution >= 4 is 18.1 Å². The summed E-state index contributed by atoms with van der Waals surface area (Å²) in [5, 5.41) is 5.93. The Morgan fingerprint density at radius 1 is 0.690 bits per heavy atom. The van der Waals surface area contributed by atoms with Gasteiger partial charge >= 0.3 is 6.09 Å². The molecule has 0 spiro atoms. The number of nitrogens with one attached hydrogen (secondary N) is 2. The predicted octanol–water partition coefficient (Wildman–Crippen LogP) is 8.05. The van der Waals surface area contributed by atoms with Crippen molar-refractivity contribution < 1.29 is 28.5 Å². The molecule has 0 unspecified atom stereocenters. The fourth-order valence-electron chi connectivity index (χ4n) is 4.99. The van der Waals surface area contributed by atoms with Gasteiger partial charge in [-0.25, -0.2) is 4.79 Å². The van der Waals surface area contributed by atoms with E-state index in [2.05, 4.69) is 17.6 Å². The second-order valence-corrected chi connectivity index (χ2v) is 11.9. The molecule has 0 saturated carbocycles. The molecule has 8 heteroatoms. The van der Waals surface area contributed by atoms with Crippen molar-refractivity contribution in [3.8, 4) is 17.2 Å². The molecule has 240 valence electrons. The van der Waals surface area contributed by atoms with E-state index in [9.17, 15) is 9.59 Å². The van der Waals surface area contributed by atoms with Crippen LogP contribution in [-0.2, 0) is 9.53 Å². The number of benzene rings is 1. The van der Waals surface area contributed by atoms with Gasteiger partial charge in [0.15, 0.2) is 11.5 Å². The standard InChI is InChI=1S/C34H58N2O6/c1-10-11-12-13-14-15-18-21-27(24-28-25(2)30(40-8)31(41-9)26(3)29(28)39-7)32(37)35-22-19-16-17-20-23-36-33(38)42-34(4,5)6/h24H,10-23H2,1-9H3,(H,35,37)(H,36,38). The number of ether oxygens (including phenoxy) is 4. The van der Waals surface area contributed by atoms with Crippen molar-refractivity contribution in [2.45, 2.75) is 124 Å². The minimum Gasteiger partial charge on any atom is -0.496 e. The lowest BCUT2D eigenvalue weighted by Crippen LogP contribution is -2.33. The van der Waals surface area contributed by atoms with Crippen molar-refractivity contribution in [3.63, 3.8) is 0 Å².